The number of fused-ring (bicyclic) bond motifs is 3. The summed E-state index contributed by atoms with van der Waals surface area (Å²) in [5.74, 6) is 0.925. The first-order chi connectivity index (χ1) is 12.4. The van der Waals surface area contributed by atoms with Crippen molar-refractivity contribution in [1.82, 2.24) is 4.57 Å². The molecule has 0 N–H and O–H groups in total. The minimum Gasteiger partial charge on any atom is -0.488 e. The number of ether oxygens (including phenoxy) is 2. The first kappa shape index (κ1) is 15.7. The minimum absolute atomic E-state index is 0.567. The smallest absolute Gasteiger partial charge is 0.129 e. The van der Waals surface area contributed by atoms with Crippen LogP contribution in [0.15, 0.2) is 72.8 Å². The van der Waals surface area contributed by atoms with Gasteiger partial charge in [-0.05, 0) is 23.8 Å². The molecular weight excluding hydrogens is 310 g/mol. The highest BCUT2D eigenvalue weighted by Crippen LogP contribution is 2.35. The molecule has 0 radical (unpaired) electrons. The second kappa shape index (κ2) is 6.99. The number of nitrogens with zero attached hydrogens (tertiary/aromatic N) is 1. The fourth-order valence-electron chi connectivity index (χ4n) is 3.34. The Balaban J connectivity index is 1.80. The number of hydrogen-bond acceptors (Lipinski definition) is 2. The Morgan fingerprint density at radius 2 is 1.56 bits per heavy atom. The average molecular weight is 331 g/mol. The van der Waals surface area contributed by atoms with Crippen molar-refractivity contribution < 1.29 is 9.47 Å². The Bertz CT molecular complexity index is 989. The van der Waals surface area contributed by atoms with Crippen molar-refractivity contribution in [1.29, 1.82) is 0 Å². The Labute approximate surface area is 147 Å². The molecule has 0 amide bonds. The van der Waals surface area contributed by atoms with E-state index in [-0.39, 0.29) is 0 Å². The molecule has 0 spiro atoms. The van der Waals surface area contributed by atoms with Gasteiger partial charge < -0.3 is 14.0 Å². The summed E-state index contributed by atoms with van der Waals surface area (Å²) in [6, 6.07) is 25.0. The molecule has 0 saturated carbocycles. The normalized spacial score (nSPS) is 11.2. The van der Waals surface area contributed by atoms with Gasteiger partial charge in [-0.15, -0.1) is 0 Å². The number of para-hydroxylation sites is 1. The lowest BCUT2D eigenvalue weighted by Gasteiger charge is -2.09. The molecule has 0 atom stereocenters. The van der Waals surface area contributed by atoms with E-state index in [0.29, 0.717) is 13.2 Å². The van der Waals surface area contributed by atoms with Crippen molar-refractivity contribution >= 4 is 21.8 Å². The average Bonchev–Trinajstić information content (AvgIpc) is 3.00. The number of hydrogen-bond donors (Lipinski definition) is 0. The van der Waals surface area contributed by atoms with Crippen LogP contribution < -0.4 is 4.74 Å². The third-order valence-electron chi connectivity index (χ3n) is 4.52. The molecule has 1 aromatic heterocycles. The monoisotopic (exact) mass is 331 g/mol. The highest BCUT2D eigenvalue weighted by atomic mass is 16.5. The molecular formula is C22H21NO2. The Morgan fingerprint density at radius 3 is 2.40 bits per heavy atom. The van der Waals surface area contributed by atoms with Gasteiger partial charge in [0.05, 0.1) is 12.1 Å². The Hall–Kier alpha value is -2.78. The molecule has 0 saturated heterocycles. The van der Waals surface area contributed by atoms with E-state index in [2.05, 4.69) is 59.2 Å². The maximum absolute atomic E-state index is 6.19. The molecule has 1 heterocycles. The number of rotatable bonds is 6. The van der Waals surface area contributed by atoms with Crippen molar-refractivity contribution in [2.24, 2.45) is 0 Å². The summed E-state index contributed by atoms with van der Waals surface area (Å²) in [5.41, 5.74) is 3.57. The maximum atomic E-state index is 6.19. The van der Waals surface area contributed by atoms with E-state index in [1.165, 1.54) is 27.4 Å². The van der Waals surface area contributed by atoms with Gasteiger partial charge in [-0.25, -0.2) is 0 Å². The summed E-state index contributed by atoms with van der Waals surface area (Å²) in [6.07, 6.45) is 0. The van der Waals surface area contributed by atoms with Crippen LogP contribution in [0, 0.1) is 0 Å². The summed E-state index contributed by atoms with van der Waals surface area (Å²) in [7, 11) is 1.74. The lowest BCUT2D eigenvalue weighted by Crippen LogP contribution is -2.03. The summed E-state index contributed by atoms with van der Waals surface area (Å²) in [5, 5.41) is 2.39. The fourth-order valence-corrected chi connectivity index (χ4v) is 3.34. The zero-order valence-corrected chi connectivity index (χ0v) is 14.3. The molecule has 25 heavy (non-hydrogen) atoms. The van der Waals surface area contributed by atoms with Gasteiger partial charge in [-0.1, -0.05) is 54.6 Å². The molecule has 4 aromatic rings. The van der Waals surface area contributed by atoms with Gasteiger partial charge >= 0.3 is 0 Å². The molecule has 3 heteroatoms. The molecule has 0 aliphatic heterocycles. The van der Waals surface area contributed by atoms with E-state index < -0.39 is 0 Å². The van der Waals surface area contributed by atoms with Gasteiger partial charge in [0.2, 0.25) is 0 Å². The quantitative estimate of drug-likeness (QED) is 0.495. The number of benzene rings is 3. The number of aromatic nitrogens is 1. The van der Waals surface area contributed by atoms with E-state index in [0.717, 1.165) is 12.3 Å². The predicted octanol–water partition coefficient (Wildman–Crippen LogP) is 5.02. The van der Waals surface area contributed by atoms with Crippen molar-refractivity contribution in [2.75, 3.05) is 13.7 Å². The SMILES string of the molecule is COCCn1c2ccccc2c2c(OCc3ccccc3)cccc21. The summed E-state index contributed by atoms with van der Waals surface area (Å²) in [4.78, 5) is 0. The van der Waals surface area contributed by atoms with Crippen LogP contribution in [0.3, 0.4) is 0 Å². The van der Waals surface area contributed by atoms with Crippen molar-refractivity contribution in [3.63, 3.8) is 0 Å². The van der Waals surface area contributed by atoms with Crippen molar-refractivity contribution in [3.8, 4) is 5.75 Å². The third-order valence-corrected chi connectivity index (χ3v) is 4.52. The molecule has 0 aliphatic rings. The van der Waals surface area contributed by atoms with Gasteiger partial charge in [0, 0.05) is 29.9 Å². The van der Waals surface area contributed by atoms with E-state index >= 15 is 0 Å². The van der Waals surface area contributed by atoms with Crippen LogP contribution in [-0.2, 0) is 17.9 Å². The van der Waals surface area contributed by atoms with Gasteiger partial charge in [-0.3, -0.25) is 0 Å². The lowest BCUT2D eigenvalue weighted by atomic mass is 10.1. The zero-order valence-electron chi connectivity index (χ0n) is 14.3. The standard InChI is InChI=1S/C22H21NO2/c1-24-15-14-23-19-11-6-5-10-18(19)22-20(23)12-7-13-21(22)25-16-17-8-3-2-4-9-17/h2-13H,14-16H2,1H3. The summed E-state index contributed by atoms with van der Waals surface area (Å²) in [6.45, 7) is 2.07. The second-order valence-electron chi connectivity index (χ2n) is 6.09. The van der Waals surface area contributed by atoms with E-state index in [1.54, 1.807) is 7.11 Å². The molecule has 126 valence electrons. The molecule has 0 aliphatic carbocycles. The molecule has 3 nitrogen and oxygen atoms in total. The maximum Gasteiger partial charge on any atom is 0.129 e. The topological polar surface area (TPSA) is 23.4 Å². The van der Waals surface area contributed by atoms with Gasteiger partial charge in [0.1, 0.15) is 12.4 Å². The van der Waals surface area contributed by atoms with E-state index in [4.69, 9.17) is 9.47 Å². The van der Waals surface area contributed by atoms with Gasteiger partial charge in [0.15, 0.2) is 0 Å². The van der Waals surface area contributed by atoms with Crippen LogP contribution in [0.25, 0.3) is 21.8 Å². The number of methoxy groups -OCH3 is 1. The second-order valence-corrected chi connectivity index (χ2v) is 6.09. The van der Waals surface area contributed by atoms with E-state index in [1.807, 2.05) is 18.2 Å². The van der Waals surface area contributed by atoms with Gasteiger partial charge in [-0.2, -0.15) is 0 Å². The van der Waals surface area contributed by atoms with Crippen LogP contribution in [0.1, 0.15) is 5.56 Å². The Morgan fingerprint density at radius 1 is 0.800 bits per heavy atom. The third kappa shape index (κ3) is 2.99. The highest BCUT2D eigenvalue weighted by Gasteiger charge is 2.14. The van der Waals surface area contributed by atoms with Gasteiger partial charge in [0.25, 0.3) is 0 Å². The van der Waals surface area contributed by atoms with E-state index in [9.17, 15) is 0 Å². The predicted molar refractivity (Wildman–Crippen MR) is 102 cm³/mol. The van der Waals surface area contributed by atoms with Crippen LogP contribution in [-0.4, -0.2) is 18.3 Å². The van der Waals surface area contributed by atoms with Crippen LogP contribution in [0.2, 0.25) is 0 Å². The molecule has 0 unspecified atom stereocenters. The minimum atomic E-state index is 0.567. The summed E-state index contributed by atoms with van der Waals surface area (Å²) < 4.78 is 13.8. The first-order valence-electron chi connectivity index (χ1n) is 8.54. The molecule has 0 fully saturated rings. The van der Waals surface area contributed by atoms with Crippen LogP contribution >= 0.6 is 0 Å². The fraction of sp³-hybridized carbons (Fsp3) is 0.182. The largest absolute Gasteiger partial charge is 0.488 e. The molecule has 3 aromatic carbocycles. The van der Waals surface area contributed by atoms with Crippen molar-refractivity contribution in [3.05, 3.63) is 78.4 Å². The first-order valence-corrected chi connectivity index (χ1v) is 8.54. The van der Waals surface area contributed by atoms with Crippen molar-refractivity contribution in [2.45, 2.75) is 13.2 Å². The van der Waals surface area contributed by atoms with Crippen LogP contribution in [0.4, 0.5) is 0 Å². The lowest BCUT2D eigenvalue weighted by molar-refractivity contribution is 0.189. The highest BCUT2D eigenvalue weighted by molar-refractivity contribution is 6.11. The molecule has 4 rings (SSSR count). The zero-order chi connectivity index (χ0) is 17.1. The Kier molecular flexibility index (Phi) is 4.40. The summed E-state index contributed by atoms with van der Waals surface area (Å²) >= 11 is 0. The van der Waals surface area contributed by atoms with Crippen LogP contribution in [0.5, 0.6) is 5.75 Å². The molecule has 0 bridgehead atoms.